The molecule has 0 saturated heterocycles. The summed E-state index contributed by atoms with van der Waals surface area (Å²) < 4.78 is 1.89. The van der Waals surface area contributed by atoms with E-state index < -0.39 is 0 Å². The van der Waals surface area contributed by atoms with Crippen LogP contribution >= 0.6 is 24.0 Å². The molecular formula is C7H8IN2+. The molecule has 0 atom stereocenters. The maximum Gasteiger partial charge on any atom is 0.169 e. The molecule has 3 heteroatoms. The average Bonchev–Trinajstić information content (AvgIpc) is 1.90. The Bertz CT molecular complexity index is 235. The Morgan fingerprint density at radius 1 is 1.40 bits per heavy atom. The van der Waals surface area contributed by atoms with Crippen LogP contribution in [0.4, 0.5) is 0 Å². The van der Waals surface area contributed by atoms with E-state index in [0.717, 1.165) is 0 Å². The van der Waals surface area contributed by atoms with Crippen LogP contribution in [0.15, 0.2) is 24.5 Å². The van der Waals surface area contributed by atoms with E-state index in [0.29, 0.717) is 5.56 Å². The fourth-order valence-electron chi connectivity index (χ4n) is 0.576. The van der Waals surface area contributed by atoms with Gasteiger partial charge in [0, 0.05) is 12.1 Å². The van der Waals surface area contributed by atoms with Crippen molar-refractivity contribution in [3.05, 3.63) is 30.1 Å². The summed E-state index contributed by atoms with van der Waals surface area (Å²) in [6.07, 6.45) is 3.69. The molecule has 1 heterocycles. The van der Waals surface area contributed by atoms with Crippen LogP contribution in [0.2, 0.25) is 0 Å². The summed E-state index contributed by atoms with van der Waals surface area (Å²) in [4.78, 5) is 0. The highest BCUT2D eigenvalue weighted by Gasteiger charge is 1.90. The molecule has 0 radical (unpaired) electrons. The van der Waals surface area contributed by atoms with E-state index in [1.54, 1.807) is 12.1 Å². The van der Waals surface area contributed by atoms with Crippen LogP contribution in [0.25, 0.3) is 0 Å². The Morgan fingerprint density at radius 2 is 1.90 bits per heavy atom. The van der Waals surface area contributed by atoms with Crippen LogP contribution in [0, 0.1) is 11.3 Å². The van der Waals surface area contributed by atoms with Gasteiger partial charge in [0.25, 0.3) is 0 Å². The number of rotatable bonds is 0. The number of aryl methyl sites for hydroxylation is 1. The third kappa shape index (κ3) is 2.31. The standard InChI is InChI=1S/C7H7N2.HI/c1-9-4-2-7(6-8)3-5-9;/h2-5H,1H3;1H/q+1;. The van der Waals surface area contributed by atoms with Crippen molar-refractivity contribution in [2.75, 3.05) is 0 Å². The maximum absolute atomic E-state index is 8.37. The molecule has 0 bridgehead atoms. The van der Waals surface area contributed by atoms with Gasteiger partial charge in [-0.2, -0.15) is 5.26 Å². The van der Waals surface area contributed by atoms with Crippen LogP contribution < -0.4 is 4.57 Å². The van der Waals surface area contributed by atoms with Gasteiger partial charge in [0.05, 0.1) is 11.6 Å². The molecule has 2 nitrogen and oxygen atoms in total. The monoisotopic (exact) mass is 247 g/mol. The number of hydrogen-bond donors (Lipinski definition) is 0. The molecule has 10 heavy (non-hydrogen) atoms. The maximum atomic E-state index is 8.37. The second kappa shape index (κ2) is 4.23. The van der Waals surface area contributed by atoms with Crippen molar-refractivity contribution in [2.24, 2.45) is 7.05 Å². The highest BCUT2D eigenvalue weighted by molar-refractivity contribution is 14.0. The Kier molecular flexibility index (Phi) is 3.96. The zero-order valence-corrected chi connectivity index (χ0v) is 7.94. The van der Waals surface area contributed by atoms with Crippen LogP contribution in [0.1, 0.15) is 5.56 Å². The number of halogens is 1. The number of hydrogen-bond acceptors (Lipinski definition) is 1. The number of nitrogens with zero attached hydrogens (tertiary/aromatic N) is 2. The molecule has 1 rings (SSSR count). The Balaban J connectivity index is 0.000000810. The van der Waals surface area contributed by atoms with Crippen LogP contribution in [-0.4, -0.2) is 0 Å². The number of nitriles is 1. The highest BCUT2D eigenvalue weighted by atomic mass is 127. The molecule has 52 valence electrons. The fraction of sp³-hybridized carbons (Fsp3) is 0.143. The first kappa shape index (κ1) is 9.37. The smallest absolute Gasteiger partial charge is 0.169 e. The van der Waals surface area contributed by atoms with Crippen molar-refractivity contribution in [1.82, 2.24) is 0 Å². The average molecular weight is 247 g/mol. The zero-order chi connectivity index (χ0) is 6.69. The third-order valence-electron chi connectivity index (χ3n) is 1.11. The summed E-state index contributed by atoms with van der Waals surface area (Å²) in [5.74, 6) is 0. The SMILES string of the molecule is C[n+]1ccc(C#N)cc1.I. The van der Waals surface area contributed by atoms with Gasteiger partial charge < -0.3 is 0 Å². The van der Waals surface area contributed by atoms with E-state index in [1.165, 1.54) is 0 Å². The van der Waals surface area contributed by atoms with Gasteiger partial charge in [-0.15, -0.1) is 24.0 Å². The van der Waals surface area contributed by atoms with E-state index in [-0.39, 0.29) is 24.0 Å². The van der Waals surface area contributed by atoms with Crippen molar-refractivity contribution in [3.63, 3.8) is 0 Å². The normalized spacial score (nSPS) is 7.60. The second-order valence-corrected chi connectivity index (χ2v) is 1.86. The molecular weight excluding hydrogens is 239 g/mol. The fourth-order valence-corrected chi connectivity index (χ4v) is 0.576. The summed E-state index contributed by atoms with van der Waals surface area (Å²) in [6, 6.07) is 5.60. The summed E-state index contributed by atoms with van der Waals surface area (Å²) in [7, 11) is 1.92. The summed E-state index contributed by atoms with van der Waals surface area (Å²) in [6.45, 7) is 0. The van der Waals surface area contributed by atoms with Crippen LogP contribution in [0.3, 0.4) is 0 Å². The quantitative estimate of drug-likeness (QED) is 0.496. The van der Waals surface area contributed by atoms with Gasteiger partial charge in [0.2, 0.25) is 0 Å². The first-order chi connectivity index (χ1) is 4.33. The predicted octanol–water partition coefficient (Wildman–Crippen LogP) is 1.00. The van der Waals surface area contributed by atoms with Gasteiger partial charge in [0.15, 0.2) is 12.4 Å². The molecule has 0 aliphatic carbocycles. The molecule has 0 aliphatic rings. The minimum atomic E-state index is 0. The zero-order valence-electron chi connectivity index (χ0n) is 5.61. The molecule has 0 saturated carbocycles. The number of pyridine rings is 1. The van der Waals surface area contributed by atoms with Gasteiger partial charge in [0.1, 0.15) is 7.05 Å². The molecule has 0 aromatic carbocycles. The first-order valence-corrected chi connectivity index (χ1v) is 2.68. The molecule has 0 aliphatic heterocycles. The van der Waals surface area contributed by atoms with Crippen LogP contribution in [0.5, 0.6) is 0 Å². The van der Waals surface area contributed by atoms with E-state index >= 15 is 0 Å². The van der Waals surface area contributed by atoms with E-state index in [4.69, 9.17) is 5.26 Å². The third-order valence-corrected chi connectivity index (χ3v) is 1.11. The van der Waals surface area contributed by atoms with Gasteiger partial charge in [-0.25, -0.2) is 4.57 Å². The first-order valence-electron chi connectivity index (χ1n) is 2.68. The van der Waals surface area contributed by atoms with E-state index in [2.05, 4.69) is 0 Å². The minimum Gasteiger partial charge on any atom is -0.208 e. The summed E-state index contributed by atoms with van der Waals surface area (Å²) >= 11 is 0. The molecule has 0 fully saturated rings. The van der Waals surface area contributed by atoms with Gasteiger partial charge in [-0.05, 0) is 0 Å². The van der Waals surface area contributed by atoms with Crippen LogP contribution in [-0.2, 0) is 7.05 Å². The molecule has 0 amide bonds. The lowest BCUT2D eigenvalue weighted by atomic mass is 10.3. The summed E-state index contributed by atoms with van der Waals surface area (Å²) in [5, 5.41) is 8.37. The van der Waals surface area contributed by atoms with Crippen molar-refractivity contribution in [2.45, 2.75) is 0 Å². The Labute approximate surface area is 77.1 Å². The number of aromatic nitrogens is 1. The molecule has 0 spiro atoms. The Morgan fingerprint density at radius 3 is 2.30 bits per heavy atom. The van der Waals surface area contributed by atoms with Crippen molar-refractivity contribution in [3.8, 4) is 6.07 Å². The lowest BCUT2D eigenvalue weighted by Gasteiger charge is -1.83. The molecule has 0 unspecified atom stereocenters. The van der Waals surface area contributed by atoms with Crippen molar-refractivity contribution in [1.29, 1.82) is 5.26 Å². The predicted molar refractivity (Wildman–Crippen MR) is 47.7 cm³/mol. The van der Waals surface area contributed by atoms with Gasteiger partial charge >= 0.3 is 0 Å². The molecule has 1 aromatic rings. The van der Waals surface area contributed by atoms with Gasteiger partial charge in [-0.3, -0.25) is 0 Å². The van der Waals surface area contributed by atoms with E-state index in [1.807, 2.05) is 30.1 Å². The van der Waals surface area contributed by atoms with Gasteiger partial charge in [-0.1, -0.05) is 0 Å². The minimum absolute atomic E-state index is 0. The highest BCUT2D eigenvalue weighted by Crippen LogP contribution is 1.88. The summed E-state index contributed by atoms with van der Waals surface area (Å²) in [5.41, 5.74) is 0.702. The van der Waals surface area contributed by atoms with E-state index in [9.17, 15) is 0 Å². The van der Waals surface area contributed by atoms with Crippen molar-refractivity contribution < 1.29 is 4.57 Å². The largest absolute Gasteiger partial charge is 0.208 e. The lowest BCUT2D eigenvalue weighted by Crippen LogP contribution is -2.25. The molecule has 0 N–H and O–H groups in total. The van der Waals surface area contributed by atoms with Crippen molar-refractivity contribution >= 4 is 24.0 Å². The lowest BCUT2D eigenvalue weighted by molar-refractivity contribution is -0.671. The second-order valence-electron chi connectivity index (χ2n) is 1.86. The Hall–Kier alpha value is -0.630. The topological polar surface area (TPSA) is 27.7 Å². The molecule has 1 aromatic heterocycles.